The average Bonchev–Trinajstić information content (AvgIpc) is 1.97. The molecule has 0 bridgehead atoms. The van der Waals surface area contributed by atoms with Crippen LogP contribution in [0.3, 0.4) is 0 Å². The van der Waals surface area contributed by atoms with Gasteiger partial charge in [-0.15, -0.1) is 0 Å². The van der Waals surface area contributed by atoms with Crippen LogP contribution in [0.15, 0.2) is 0 Å². The van der Waals surface area contributed by atoms with Gasteiger partial charge in [-0.2, -0.15) is 0 Å². The molecule has 0 saturated heterocycles. The number of aliphatic carboxylic acids is 1. The van der Waals surface area contributed by atoms with E-state index in [1.54, 1.807) is 13.8 Å². The molecule has 0 rings (SSSR count). The molecule has 0 aromatic carbocycles. The maximum atomic E-state index is 11.1. The van der Waals surface area contributed by atoms with Crippen molar-refractivity contribution in [2.24, 2.45) is 5.73 Å². The quantitative estimate of drug-likeness (QED) is 0.451. The van der Waals surface area contributed by atoms with Crippen molar-refractivity contribution in [2.45, 2.75) is 25.9 Å². The predicted molar refractivity (Wildman–Crippen MR) is 49.7 cm³/mol. The summed E-state index contributed by atoms with van der Waals surface area (Å²) in [5.74, 6) is -1.28. The first kappa shape index (κ1) is 13.5. The minimum Gasteiger partial charge on any atom is -0.480 e. The maximum Gasteiger partial charge on any atom is 0.403 e. The summed E-state index contributed by atoms with van der Waals surface area (Å²) in [6.45, 7) is 2.80. The molecule has 84 valence electrons. The lowest BCUT2D eigenvalue weighted by atomic mass is 10.3. The van der Waals surface area contributed by atoms with Crippen molar-refractivity contribution in [3.05, 3.63) is 0 Å². The fraction of sp³-hybridized carbons (Fsp3) is 0.833. The van der Waals surface area contributed by atoms with E-state index in [1.165, 1.54) is 0 Å². The van der Waals surface area contributed by atoms with Gasteiger partial charge in [-0.25, -0.2) is 9.65 Å². The highest BCUT2D eigenvalue weighted by atomic mass is 31.2. The molecule has 0 aliphatic heterocycles. The molecule has 0 spiro atoms. The standard InChI is InChI=1S/C6H15N2O5P/c1-4(2)8-14(11,12)13-3-5(7)6(9)10/h4-5H,3,7H2,1-2H3,(H,9,10)(H2,8,11,12)/t5-/m0/s1. The van der Waals surface area contributed by atoms with E-state index in [-0.39, 0.29) is 6.04 Å². The van der Waals surface area contributed by atoms with Crippen LogP contribution in [0.2, 0.25) is 0 Å². The summed E-state index contributed by atoms with van der Waals surface area (Å²) in [5.41, 5.74) is 5.07. The molecule has 0 aliphatic rings. The number of carboxylic acids is 1. The highest BCUT2D eigenvalue weighted by Crippen LogP contribution is 2.37. The molecular weight excluding hydrogens is 211 g/mol. The van der Waals surface area contributed by atoms with Crippen molar-refractivity contribution < 1.29 is 23.9 Å². The van der Waals surface area contributed by atoms with Gasteiger partial charge in [0.05, 0.1) is 6.61 Å². The zero-order valence-corrected chi connectivity index (χ0v) is 8.90. The van der Waals surface area contributed by atoms with Crippen molar-refractivity contribution >= 4 is 13.7 Å². The lowest BCUT2D eigenvalue weighted by molar-refractivity contribution is -0.139. The number of nitrogens with two attached hydrogens (primary N) is 1. The van der Waals surface area contributed by atoms with Gasteiger partial charge in [-0.1, -0.05) is 0 Å². The van der Waals surface area contributed by atoms with Gasteiger partial charge in [0, 0.05) is 6.04 Å². The van der Waals surface area contributed by atoms with E-state index >= 15 is 0 Å². The molecule has 5 N–H and O–H groups in total. The first-order valence-electron chi connectivity index (χ1n) is 3.98. The van der Waals surface area contributed by atoms with Crippen LogP contribution in [0, 0.1) is 0 Å². The first-order chi connectivity index (χ1) is 6.24. The van der Waals surface area contributed by atoms with E-state index in [4.69, 9.17) is 15.7 Å². The molecule has 0 heterocycles. The maximum absolute atomic E-state index is 11.1. The Bertz CT molecular complexity index is 244. The monoisotopic (exact) mass is 226 g/mol. The molecule has 14 heavy (non-hydrogen) atoms. The van der Waals surface area contributed by atoms with E-state index in [0.717, 1.165) is 0 Å². The topological polar surface area (TPSA) is 122 Å². The summed E-state index contributed by atoms with van der Waals surface area (Å²) in [7, 11) is -3.94. The third-order valence-corrected chi connectivity index (χ3v) is 2.51. The molecule has 0 aromatic rings. The molecule has 0 radical (unpaired) electrons. The van der Waals surface area contributed by atoms with Crippen molar-refractivity contribution in [3.8, 4) is 0 Å². The normalized spacial score (nSPS) is 17.8. The van der Waals surface area contributed by atoms with Crippen LogP contribution in [0.25, 0.3) is 0 Å². The lowest BCUT2D eigenvalue weighted by Crippen LogP contribution is -2.35. The highest BCUT2D eigenvalue weighted by molar-refractivity contribution is 7.50. The molecule has 0 aromatic heterocycles. The number of hydrogen-bond donors (Lipinski definition) is 4. The van der Waals surface area contributed by atoms with Gasteiger partial charge in [0.25, 0.3) is 0 Å². The largest absolute Gasteiger partial charge is 0.480 e. The Balaban J connectivity index is 3.99. The average molecular weight is 226 g/mol. The molecule has 2 atom stereocenters. The molecule has 0 aliphatic carbocycles. The molecule has 7 nitrogen and oxygen atoms in total. The Labute approximate surface area is 81.8 Å². The van der Waals surface area contributed by atoms with E-state index in [0.29, 0.717) is 0 Å². The van der Waals surface area contributed by atoms with Gasteiger partial charge in [-0.05, 0) is 13.8 Å². The third kappa shape index (κ3) is 6.06. The minimum absolute atomic E-state index is 0.244. The van der Waals surface area contributed by atoms with Gasteiger partial charge in [0.15, 0.2) is 0 Å². The fourth-order valence-electron chi connectivity index (χ4n) is 0.616. The SMILES string of the molecule is CC(C)NP(=O)(O)OC[C@H](N)C(=O)O. The van der Waals surface area contributed by atoms with Crippen molar-refractivity contribution in [1.82, 2.24) is 5.09 Å². The Morgan fingerprint density at radius 1 is 1.64 bits per heavy atom. The summed E-state index contributed by atoms with van der Waals surface area (Å²) in [4.78, 5) is 19.3. The van der Waals surface area contributed by atoms with Gasteiger partial charge >= 0.3 is 13.7 Å². The zero-order chi connectivity index (χ0) is 11.4. The van der Waals surface area contributed by atoms with E-state index in [9.17, 15) is 9.36 Å². The number of hydrogen-bond acceptors (Lipinski definition) is 4. The fourth-order valence-corrected chi connectivity index (χ4v) is 1.71. The molecule has 0 saturated carbocycles. The summed E-state index contributed by atoms with van der Waals surface area (Å²) in [5, 5.41) is 10.6. The van der Waals surface area contributed by atoms with Crippen molar-refractivity contribution in [3.63, 3.8) is 0 Å². The smallest absolute Gasteiger partial charge is 0.403 e. The van der Waals surface area contributed by atoms with Crippen LogP contribution in [-0.4, -0.2) is 34.7 Å². The van der Waals surface area contributed by atoms with Gasteiger partial charge < -0.3 is 15.7 Å². The van der Waals surface area contributed by atoms with E-state index in [2.05, 4.69) is 9.61 Å². The van der Waals surface area contributed by atoms with Gasteiger partial charge in [-0.3, -0.25) is 9.32 Å². The predicted octanol–water partition coefficient (Wildman–Crippen LogP) is -0.487. The van der Waals surface area contributed by atoms with Crippen LogP contribution in [-0.2, 0) is 13.9 Å². The summed E-state index contributed by atoms with van der Waals surface area (Å²) in [6, 6.07) is -1.55. The summed E-state index contributed by atoms with van der Waals surface area (Å²) < 4.78 is 15.6. The second-order valence-corrected chi connectivity index (χ2v) is 4.60. The molecule has 8 heteroatoms. The van der Waals surface area contributed by atoms with Crippen LogP contribution < -0.4 is 10.8 Å². The van der Waals surface area contributed by atoms with Gasteiger partial charge in [0.2, 0.25) is 0 Å². The number of rotatable bonds is 6. The Kier molecular flexibility index (Phi) is 5.25. The third-order valence-electron chi connectivity index (χ3n) is 1.17. The Morgan fingerprint density at radius 2 is 2.14 bits per heavy atom. The Morgan fingerprint density at radius 3 is 2.50 bits per heavy atom. The summed E-state index contributed by atoms with van der Waals surface area (Å²) >= 11 is 0. The van der Waals surface area contributed by atoms with Crippen LogP contribution in [0.5, 0.6) is 0 Å². The van der Waals surface area contributed by atoms with Crippen LogP contribution in [0.1, 0.15) is 13.8 Å². The van der Waals surface area contributed by atoms with Gasteiger partial charge in [0.1, 0.15) is 6.04 Å². The molecule has 1 unspecified atom stereocenters. The number of nitrogens with one attached hydrogen (secondary N) is 1. The lowest BCUT2D eigenvalue weighted by Gasteiger charge is -2.16. The van der Waals surface area contributed by atoms with Crippen molar-refractivity contribution in [1.29, 1.82) is 0 Å². The Hall–Kier alpha value is -0.460. The highest BCUT2D eigenvalue weighted by Gasteiger charge is 2.23. The minimum atomic E-state index is -3.94. The van der Waals surface area contributed by atoms with Crippen LogP contribution >= 0.6 is 7.75 Å². The second kappa shape index (κ2) is 5.43. The number of carbonyl (C=O) groups is 1. The zero-order valence-electron chi connectivity index (χ0n) is 8.01. The summed E-state index contributed by atoms with van der Waals surface area (Å²) in [6.07, 6.45) is 0. The van der Waals surface area contributed by atoms with E-state index < -0.39 is 26.4 Å². The number of carboxylic acid groups (broad SMARTS) is 1. The van der Waals surface area contributed by atoms with Crippen molar-refractivity contribution in [2.75, 3.05) is 6.61 Å². The molecular formula is C6H15N2O5P. The molecule has 0 fully saturated rings. The van der Waals surface area contributed by atoms with E-state index in [1.807, 2.05) is 0 Å². The molecule has 0 amide bonds. The first-order valence-corrected chi connectivity index (χ1v) is 5.56. The van der Waals surface area contributed by atoms with Crippen LogP contribution in [0.4, 0.5) is 0 Å². The second-order valence-electron chi connectivity index (χ2n) is 3.04.